The van der Waals surface area contributed by atoms with E-state index in [0.29, 0.717) is 5.75 Å². The molecule has 0 radical (unpaired) electrons. The van der Waals surface area contributed by atoms with Crippen LogP contribution in [0.1, 0.15) is 49.0 Å². The monoisotopic (exact) mass is 269 g/mol. The van der Waals surface area contributed by atoms with E-state index in [-0.39, 0.29) is 12.1 Å². The number of para-hydroxylation sites is 1. The van der Waals surface area contributed by atoms with Crippen molar-refractivity contribution in [2.24, 2.45) is 0 Å². The minimum Gasteiger partial charge on any atom is -0.508 e. The molecule has 2 heteroatoms. The summed E-state index contributed by atoms with van der Waals surface area (Å²) in [4.78, 5) is 0. The Hall–Kier alpha value is -1.80. The lowest BCUT2D eigenvalue weighted by molar-refractivity contribution is 0.419. The van der Waals surface area contributed by atoms with E-state index in [4.69, 9.17) is 0 Å². The van der Waals surface area contributed by atoms with Crippen molar-refractivity contribution in [3.05, 3.63) is 65.2 Å². The SMILES string of the molecule is CCC(N[C@@H](C)c1ccc(C)cc1)c1ccccc1O. The van der Waals surface area contributed by atoms with Gasteiger partial charge in [-0.2, -0.15) is 0 Å². The van der Waals surface area contributed by atoms with E-state index in [1.165, 1.54) is 11.1 Å². The number of phenols is 1. The Kier molecular flexibility index (Phi) is 4.80. The normalized spacial score (nSPS) is 13.9. The first-order chi connectivity index (χ1) is 9.61. The van der Waals surface area contributed by atoms with Gasteiger partial charge in [-0.3, -0.25) is 0 Å². The third-order valence-corrected chi connectivity index (χ3v) is 3.75. The van der Waals surface area contributed by atoms with Gasteiger partial charge in [0, 0.05) is 17.6 Å². The predicted molar refractivity (Wildman–Crippen MR) is 83.9 cm³/mol. The van der Waals surface area contributed by atoms with Gasteiger partial charge < -0.3 is 10.4 Å². The Bertz CT molecular complexity index is 548. The zero-order valence-corrected chi connectivity index (χ0v) is 12.4. The molecular weight excluding hydrogens is 246 g/mol. The summed E-state index contributed by atoms with van der Waals surface area (Å²) in [5.41, 5.74) is 3.51. The molecule has 0 aliphatic heterocycles. The molecule has 106 valence electrons. The van der Waals surface area contributed by atoms with E-state index in [9.17, 15) is 5.11 Å². The molecule has 2 N–H and O–H groups in total. The maximum absolute atomic E-state index is 9.99. The molecule has 0 aromatic heterocycles. The predicted octanol–water partition coefficient (Wildman–Crippen LogP) is 4.50. The number of hydrogen-bond donors (Lipinski definition) is 2. The van der Waals surface area contributed by atoms with Crippen molar-refractivity contribution >= 4 is 0 Å². The number of aryl methyl sites for hydroxylation is 1. The van der Waals surface area contributed by atoms with Gasteiger partial charge in [-0.05, 0) is 31.9 Å². The Morgan fingerprint density at radius 2 is 1.70 bits per heavy atom. The molecule has 0 aliphatic carbocycles. The molecule has 0 saturated heterocycles. The lowest BCUT2D eigenvalue weighted by Crippen LogP contribution is -2.24. The first kappa shape index (κ1) is 14.6. The van der Waals surface area contributed by atoms with Gasteiger partial charge >= 0.3 is 0 Å². The van der Waals surface area contributed by atoms with Crippen LogP contribution in [0.2, 0.25) is 0 Å². The second kappa shape index (κ2) is 6.58. The van der Waals surface area contributed by atoms with Crippen LogP contribution in [-0.4, -0.2) is 5.11 Å². The molecule has 0 heterocycles. The van der Waals surface area contributed by atoms with Gasteiger partial charge in [0.05, 0.1) is 0 Å². The van der Waals surface area contributed by atoms with Crippen molar-refractivity contribution in [3.8, 4) is 5.75 Å². The molecule has 2 nitrogen and oxygen atoms in total. The fourth-order valence-corrected chi connectivity index (χ4v) is 2.46. The van der Waals surface area contributed by atoms with Gasteiger partial charge in [0.1, 0.15) is 5.75 Å². The van der Waals surface area contributed by atoms with Gasteiger partial charge in [0.2, 0.25) is 0 Å². The molecule has 2 rings (SSSR count). The van der Waals surface area contributed by atoms with Crippen LogP contribution < -0.4 is 5.32 Å². The highest BCUT2D eigenvalue weighted by Gasteiger charge is 2.16. The van der Waals surface area contributed by atoms with E-state index in [1.54, 1.807) is 6.07 Å². The molecule has 2 aromatic rings. The molecular formula is C18H23NO. The topological polar surface area (TPSA) is 32.3 Å². The Balaban J connectivity index is 2.14. The van der Waals surface area contributed by atoms with Crippen LogP contribution in [0.25, 0.3) is 0 Å². The third kappa shape index (κ3) is 3.40. The maximum Gasteiger partial charge on any atom is 0.120 e. The first-order valence-electron chi connectivity index (χ1n) is 7.22. The lowest BCUT2D eigenvalue weighted by atomic mass is 10.00. The van der Waals surface area contributed by atoms with Gasteiger partial charge in [0.15, 0.2) is 0 Å². The number of aromatic hydroxyl groups is 1. The molecule has 0 fully saturated rings. The van der Waals surface area contributed by atoms with Crippen molar-refractivity contribution < 1.29 is 5.11 Å². The summed E-state index contributed by atoms with van der Waals surface area (Å²) in [7, 11) is 0. The maximum atomic E-state index is 9.99. The van der Waals surface area contributed by atoms with E-state index in [0.717, 1.165) is 12.0 Å². The summed E-state index contributed by atoms with van der Waals surface area (Å²) in [5, 5.41) is 13.6. The lowest BCUT2D eigenvalue weighted by Gasteiger charge is -2.23. The van der Waals surface area contributed by atoms with Crippen LogP contribution in [0.4, 0.5) is 0 Å². The zero-order chi connectivity index (χ0) is 14.5. The van der Waals surface area contributed by atoms with E-state index in [2.05, 4.69) is 50.4 Å². The summed E-state index contributed by atoms with van der Waals surface area (Å²) in [5.74, 6) is 0.364. The fourth-order valence-electron chi connectivity index (χ4n) is 2.46. The van der Waals surface area contributed by atoms with Crippen molar-refractivity contribution in [2.75, 3.05) is 0 Å². The van der Waals surface area contributed by atoms with Gasteiger partial charge in [-0.1, -0.05) is 55.0 Å². The highest BCUT2D eigenvalue weighted by Crippen LogP contribution is 2.28. The summed E-state index contributed by atoms with van der Waals surface area (Å²) in [6.45, 7) is 6.39. The standard InChI is InChI=1S/C18H23NO/c1-4-17(16-7-5-6-8-18(16)20)19-14(3)15-11-9-13(2)10-12-15/h5-12,14,17,19-20H,4H2,1-3H3/t14-,17?/m0/s1. The largest absolute Gasteiger partial charge is 0.508 e. The van der Waals surface area contributed by atoms with Crippen LogP contribution >= 0.6 is 0 Å². The number of hydrogen-bond acceptors (Lipinski definition) is 2. The van der Waals surface area contributed by atoms with Crippen molar-refractivity contribution in [1.82, 2.24) is 5.32 Å². The Morgan fingerprint density at radius 1 is 1.05 bits per heavy atom. The molecule has 0 aliphatic rings. The summed E-state index contributed by atoms with van der Waals surface area (Å²) in [6, 6.07) is 16.5. The smallest absolute Gasteiger partial charge is 0.120 e. The first-order valence-corrected chi connectivity index (χ1v) is 7.22. The van der Waals surface area contributed by atoms with Crippen LogP contribution in [-0.2, 0) is 0 Å². The molecule has 20 heavy (non-hydrogen) atoms. The van der Waals surface area contributed by atoms with Crippen LogP contribution in [0.15, 0.2) is 48.5 Å². The highest BCUT2D eigenvalue weighted by atomic mass is 16.3. The number of phenolic OH excluding ortho intramolecular Hbond substituents is 1. The molecule has 2 aromatic carbocycles. The second-order valence-electron chi connectivity index (χ2n) is 5.32. The van der Waals surface area contributed by atoms with E-state index >= 15 is 0 Å². The molecule has 1 unspecified atom stereocenters. The fraction of sp³-hybridized carbons (Fsp3) is 0.333. The van der Waals surface area contributed by atoms with Crippen LogP contribution in [0.3, 0.4) is 0 Å². The summed E-state index contributed by atoms with van der Waals surface area (Å²) in [6.07, 6.45) is 0.938. The van der Waals surface area contributed by atoms with Gasteiger partial charge in [0.25, 0.3) is 0 Å². The van der Waals surface area contributed by atoms with Gasteiger partial charge in [-0.15, -0.1) is 0 Å². The van der Waals surface area contributed by atoms with Crippen molar-refractivity contribution in [1.29, 1.82) is 0 Å². The summed E-state index contributed by atoms with van der Waals surface area (Å²) >= 11 is 0. The number of nitrogens with one attached hydrogen (secondary N) is 1. The van der Waals surface area contributed by atoms with Crippen LogP contribution in [0, 0.1) is 6.92 Å². The van der Waals surface area contributed by atoms with Crippen molar-refractivity contribution in [2.45, 2.75) is 39.3 Å². The average molecular weight is 269 g/mol. The molecule has 0 amide bonds. The molecule has 2 atom stereocenters. The van der Waals surface area contributed by atoms with Gasteiger partial charge in [-0.25, -0.2) is 0 Å². The molecule has 0 saturated carbocycles. The molecule has 0 bridgehead atoms. The molecule has 0 spiro atoms. The zero-order valence-electron chi connectivity index (χ0n) is 12.4. The third-order valence-electron chi connectivity index (χ3n) is 3.75. The minimum atomic E-state index is 0.160. The number of rotatable bonds is 5. The van der Waals surface area contributed by atoms with Crippen molar-refractivity contribution in [3.63, 3.8) is 0 Å². The minimum absolute atomic E-state index is 0.160. The van der Waals surface area contributed by atoms with E-state index in [1.807, 2.05) is 18.2 Å². The van der Waals surface area contributed by atoms with E-state index < -0.39 is 0 Å². The quantitative estimate of drug-likeness (QED) is 0.837. The Morgan fingerprint density at radius 3 is 2.30 bits per heavy atom. The summed E-state index contributed by atoms with van der Waals surface area (Å²) < 4.78 is 0. The second-order valence-corrected chi connectivity index (χ2v) is 5.32. The van der Waals surface area contributed by atoms with Crippen LogP contribution in [0.5, 0.6) is 5.75 Å². The number of benzene rings is 2. The average Bonchev–Trinajstić information content (AvgIpc) is 2.46. The Labute approximate surface area is 121 Å². The highest BCUT2D eigenvalue weighted by molar-refractivity contribution is 5.35.